The Bertz CT molecular complexity index is 1090. The summed E-state index contributed by atoms with van der Waals surface area (Å²) in [4.78, 5) is 34.0. The van der Waals surface area contributed by atoms with E-state index in [1.54, 1.807) is 29.2 Å². The van der Waals surface area contributed by atoms with Gasteiger partial charge in [-0.25, -0.2) is 9.78 Å². The van der Waals surface area contributed by atoms with Crippen molar-refractivity contribution in [3.8, 4) is 0 Å². The van der Waals surface area contributed by atoms with Crippen molar-refractivity contribution in [3.63, 3.8) is 0 Å². The number of hydrogen-bond donors (Lipinski definition) is 0. The van der Waals surface area contributed by atoms with Crippen molar-refractivity contribution in [2.24, 2.45) is 0 Å². The zero-order valence-corrected chi connectivity index (χ0v) is 20.8. The van der Waals surface area contributed by atoms with Crippen LogP contribution in [0.5, 0.6) is 0 Å². The average Bonchev–Trinajstić information content (AvgIpc) is 3.28. The third-order valence-corrected chi connectivity index (χ3v) is 7.00. The number of methoxy groups -OCH3 is 1. The van der Waals surface area contributed by atoms with Crippen LogP contribution in [0, 0.1) is 6.92 Å². The third-order valence-electron chi connectivity index (χ3n) is 5.46. The van der Waals surface area contributed by atoms with Crippen LogP contribution in [-0.2, 0) is 9.47 Å². The van der Waals surface area contributed by atoms with Gasteiger partial charge >= 0.3 is 5.97 Å². The summed E-state index contributed by atoms with van der Waals surface area (Å²) in [7, 11) is 1.33. The Morgan fingerprint density at radius 3 is 2.45 bits per heavy atom. The highest BCUT2D eigenvalue weighted by atomic mass is 35.5. The fourth-order valence-electron chi connectivity index (χ4n) is 3.58. The molecular weight excluding hydrogens is 485 g/mol. The van der Waals surface area contributed by atoms with Crippen LogP contribution in [-0.4, -0.2) is 68.3 Å². The molecule has 1 aromatic heterocycles. The molecule has 0 N–H and O–H groups in total. The van der Waals surface area contributed by atoms with E-state index in [2.05, 4.69) is 4.90 Å². The predicted molar refractivity (Wildman–Crippen MR) is 133 cm³/mol. The van der Waals surface area contributed by atoms with Crippen LogP contribution in [0.4, 0.5) is 5.13 Å². The number of hydrogen-bond acceptors (Lipinski definition) is 7. The number of amides is 1. The van der Waals surface area contributed by atoms with Gasteiger partial charge in [-0.3, -0.25) is 14.6 Å². The van der Waals surface area contributed by atoms with Crippen LogP contribution in [0.25, 0.3) is 10.2 Å². The van der Waals surface area contributed by atoms with Crippen LogP contribution in [0.2, 0.25) is 5.02 Å². The number of aromatic nitrogens is 1. The highest BCUT2D eigenvalue weighted by molar-refractivity contribution is 7.23. The number of anilines is 1. The Labute approximate surface area is 207 Å². The second-order valence-electron chi connectivity index (χ2n) is 7.52. The fraction of sp³-hybridized carbons (Fsp3) is 0.348. The molecule has 2 aromatic carbocycles. The Hall–Kier alpha value is -2.23. The smallest absolute Gasteiger partial charge is 0.337 e. The van der Waals surface area contributed by atoms with Gasteiger partial charge in [0.15, 0.2) is 5.13 Å². The first-order chi connectivity index (χ1) is 15.5. The lowest BCUT2D eigenvalue weighted by molar-refractivity contribution is 0.0391. The van der Waals surface area contributed by atoms with E-state index in [1.807, 2.05) is 19.1 Å². The molecule has 1 fully saturated rings. The summed E-state index contributed by atoms with van der Waals surface area (Å²) in [6.45, 7) is 6.22. The SMILES string of the molecule is COC(=O)c1ccc(C(=O)N(CCN2CCOCC2)c2nc3c(C)ccc(Cl)c3s2)cc1.Cl. The van der Waals surface area contributed by atoms with E-state index in [0.29, 0.717) is 47.6 Å². The number of halogens is 2. The molecule has 0 atom stereocenters. The minimum absolute atomic E-state index is 0. The molecule has 3 aromatic rings. The molecular formula is C23H25Cl2N3O4S. The maximum Gasteiger partial charge on any atom is 0.337 e. The molecule has 1 aliphatic rings. The molecule has 176 valence electrons. The standard InChI is InChI=1S/C23H24ClN3O4S.ClH/c1-15-3-8-18(24)20-19(15)25-23(32-20)27(10-9-26-11-13-31-14-12-26)21(28)16-4-6-17(7-5-16)22(29)30-2;/h3-8H,9-14H2,1-2H3;1H. The van der Waals surface area contributed by atoms with E-state index in [9.17, 15) is 9.59 Å². The first kappa shape index (κ1) is 25.4. The molecule has 1 saturated heterocycles. The van der Waals surface area contributed by atoms with Gasteiger partial charge < -0.3 is 9.47 Å². The van der Waals surface area contributed by atoms with Gasteiger partial charge in [-0.15, -0.1) is 12.4 Å². The van der Waals surface area contributed by atoms with Crippen LogP contribution in [0.15, 0.2) is 36.4 Å². The molecule has 0 unspecified atom stereocenters. The average molecular weight is 510 g/mol. The van der Waals surface area contributed by atoms with E-state index in [0.717, 1.165) is 28.9 Å². The van der Waals surface area contributed by atoms with Crippen molar-refractivity contribution in [2.75, 3.05) is 51.4 Å². The molecule has 0 saturated carbocycles. The van der Waals surface area contributed by atoms with Gasteiger partial charge in [-0.2, -0.15) is 0 Å². The van der Waals surface area contributed by atoms with Crippen LogP contribution in [0.3, 0.4) is 0 Å². The summed E-state index contributed by atoms with van der Waals surface area (Å²) in [6, 6.07) is 10.3. The zero-order valence-electron chi connectivity index (χ0n) is 18.4. The van der Waals surface area contributed by atoms with E-state index in [4.69, 9.17) is 26.1 Å². The largest absolute Gasteiger partial charge is 0.465 e. The van der Waals surface area contributed by atoms with E-state index in [1.165, 1.54) is 18.4 Å². The van der Waals surface area contributed by atoms with Gasteiger partial charge in [0, 0.05) is 31.7 Å². The summed E-state index contributed by atoms with van der Waals surface area (Å²) in [5.41, 5.74) is 2.69. The number of benzene rings is 2. The summed E-state index contributed by atoms with van der Waals surface area (Å²) < 4.78 is 11.0. The van der Waals surface area contributed by atoms with Gasteiger partial charge in [0.2, 0.25) is 0 Å². The normalized spacial score (nSPS) is 14.0. The zero-order chi connectivity index (χ0) is 22.7. The molecule has 7 nitrogen and oxygen atoms in total. The quantitative estimate of drug-likeness (QED) is 0.457. The number of fused-ring (bicyclic) bond motifs is 1. The van der Waals surface area contributed by atoms with Crippen molar-refractivity contribution in [3.05, 3.63) is 58.1 Å². The van der Waals surface area contributed by atoms with Crippen LogP contribution in [0.1, 0.15) is 26.3 Å². The lowest BCUT2D eigenvalue weighted by atomic mass is 10.1. The summed E-state index contributed by atoms with van der Waals surface area (Å²) in [6.07, 6.45) is 0. The van der Waals surface area contributed by atoms with Crippen LogP contribution >= 0.6 is 35.3 Å². The molecule has 4 rings (SSSR count). The minimum atomic E-state index is -0.440. The monoisotopic (exact) mass is 509 g/mol. The highest BCUT2D eigenvalue weighted by Crippen LogP contribution is 2.36. The van der Waals surface area contributed by atoms with Crippen molar-refractivity contribution in [1.29, 1.82) is 0 Å². The molecule has 33 heavy (non-hydrogen) atoms. The molecule has 0 bridgehead atoms. The second kappa shape index (κ2) is 11.3. The van der Waals surface area contributed by atoms with Gasteiger partial charge in [0.25, 0.3) is 5.91 Å². The number of morpholine rings is 1. The minimum Gasteiger partial charge on any atom is -0.465 e. The maximum absolute atomic E-state index is 13.5. The van der Waals surface area contributed by atoms with Crippen LogP contribution < -0.4 is 4.90 Å². The fourth-order valence-corrected chi connectivity index (χ4v) is 4.92. The Morgan fingerprint density at radius 2 is 1.82 bits per heavy atom. The Morgan fingerprint density at radius 1 is 1.15 bits per heavy atom. The van der Waals surface area contributed by atoms with E-state index >= 15 is 0 Å². The number of carbonyl (C=O) groups excluding carboxylic acids is 2. The van der Waals surface area contributed by atoms with E-state index in [-0.39, 0.29) is 18.3 Å². The Balaban J connectivity index is 0.00000306. The number of ether oxygens (including phenoxy) is 2. The van der Waals surface area contributed by atoms with Crippen molar-refractivity contribution in [2.45, 2.75) is 6.92 Å². The number of aryl methyl sites for hydroxylation is 1. The molecule has 1 aliphatic heterocycles. The molecule has 10 heteroatoms. The van der Waals surface area contributed by atoms with Crippen molar-refractivity contribution < 1.29 is 19.1 Å². The number of rotatable bonds is 6. The van der Waals surface area contributed by atoms with Gasteiger partial charge in [0.05, 0.1) is 41.1 Å². The number of esters is 1. The van der Waals surface area contributed by atoms with Gasteiger partial charge in [0.1, 0.15) is 0 Å². The number of thiazole rings is 1. The summed E-state index contributed by atoms with van der Waals surface area (Å²) in [5.74, 6) is -0.619. The molecule has 0 spiro atoms. The molecule has 1 amide bonds. The summed E-state index contributed by atoms with van der Waals surface area (Å²) >= 11 is 7.82. The topological polar surface area (TPSA) is 72.0 Å². The Kier molecular flexibility index (Phi) is 8.67. The molecule has 2 heterocycles. The second-order valence-corrected chi connectivity index (χ2v) is 8.90. The lowest BCUT2D eigenvalue weighted by Gasteiger charge is -2.29. The van der Waals surface area contributed by atoms with Crippen molar-refractivity contribution in [1.82, 2.24) is 9.88 Å². The molecule has 0 aliphatic carbocycles. The first-order valence-corrected chi connectivity index (χ1v) is 11.5. The predicted octanol–water partition coefficient (Wildman–Crippen LogP) is 4.45. The first-order valence-electron chi connectivity index (χ1n) is 10.3. The van der Waals surface area contributed by atoms with Crippen molar-refractivity contribution >= 4 is 62.6 Å². The lowest BCUT2D eigenvalue weighted by Crippen LogP contribution is -2.43. The summed E-state index contributed by atoms with van der Waals surface area (Å²) in [5, 5.41) is 1.23. The number of carbonyl (C=O) groups is 2. The molecule has 0 radical (unpaired) electrons. The maximum atomic E-state index is 13.5. The number of nitrogens with zero attached hydrogens (tertiary/aromatic N) is 3. The third kappa shape index (κ3) is 5.65. The highest BCUT2D eigenvalue weighted by Gasteiger charge is 2.24. The van der Waals surface area contributed by atoms with E-state index < -0.39 is 5.97 Å². The van der Waals surface area contributed by atoms with Gasteiger partial charge in [-0.05, 0) is 42.8 Å². The van der Waals surface area contributed by atoms with Gasteiger partial charge in [-0.1, -0.05) is 29.0 Å².